The first kappa shape index (κ1) is 13.5. The van der Waals surface area contributed by atoms with E-state index in [1.165, 1.54) is 11.1 Å². The van der Waals surface area contributed by atoms with Gasteiger partial charge in [-0.15, -0.1) is 12.4 Å². The van der Waals surface area contributed by atoms with E-state index in [9.17, 15) is 5.11 Å². The molecular formula is C13H20ClNO. The number of rotatable bonds is 1. The van der Waals surface area contributed by atoms with Crippen molar-refractivity contribution in [1.29, 1.82) is 0 Å². The van der Waals surface area contributed by atoms with Crippen molar-refractivity contribution in [1.82, 2.24) is 5.32 Å². The van der Waals surface area contributed by atoms with Gasteiger partial charge in [-0.3, -0.25) is 0 Å². The van der Waals surface area contributed by atoms with E-state index in [0.29, 0.717) is 0 Å². The van der Waals surface area contributed by atoms with Crippen LogP contribution in [0.2, 0.25) is 0 Å². The van der Waals surface area contributed by atoms with Gasteiger partial charge in [0.05, 0.1) is 6.10 Å². The average Bonchev–Trinajstić information content (AvgIpc) is 2.18. The summed E-state index contributed by atoms with van der Waals surface area (Å²) in [6, 6.07) is 8.56. The number of halogens is 1. The summed E-state index contributed by atoms with van der Waals surface area (Å²) < 4.78 is 0. The number of piperidine rings is 1. The summed E-state index contributed by atoms with van der Waals surface area (Å²) in [6.45, 7) is 5.15. The largest absolute Gasteiger partial charge is 0.393 e. The number of hydrogen-bond donors (Lipinski definition) is 2. The molecule has 2 unspecified atom stereocenters. The van der Waals surface area contributed by atoms with E-state index in [0.717, 1.165) is 19.4 Å². The normalized spacial score (nSPS) is 29.6. The van der Waals surface area contributed by atoms with Crippen LogP contribution in [-0.2, 0) is 5.54 Å². The lowest BCUT2D eigenvalue weighted by molar-refractivity contribution is 0.0835. The van der Waals surface area contributed by atoms with Crippen LogP contribution in [0.5, 0.6) is 0 Å². The summed E-state index contributed by atoms with van der Waals surface area (Å²) in [5.41, 5.74) is 2.48. The highest BCUT2D eigenvalue weighted by atomic mass is 35.5. The van der Waals surface area contributed by atoms with E-state index in [1.54, 1.807) is 0 Å². The van der Waals surface area contributed by atoms with Gasteiger partial charge in [-0.05, 0) is 38.8 Å². The van der Waals surface area contributed by atoms with Gasteiger partial charge in [-0.1, -0.05) is 29.8 Å². The molecule has 0 spiro atoms. The van der Waals surface area contributed by atoms with Crippen LogP contribution < -0.4 is 5.32 Å². The third-order valence-corrected chi connectivity index (χ3v) is 3.33. The first-order valence-electron chi connectivity index (χ1n) is 5.60. The number of aliphatic hydroxyl groups is 1. The van der Waals surface area contributed by atoms with E-state index >= 15 is 0 Å². The molecule has 0 bridgehead atoms. The number of aryl methyl sites for hydroxylation is 1. The van der Waals surface area contributed by atoms with Crippen molar-refractivity contribution in [2.24, 2.45) is 0 Å². The fourth-order valence-corrected chi connectivity index (χ4v) is 2.30. The summed E-state index contributed by atoms with van der Waals surface area (Å²) in [5.74, 6) is 0. The Bertz CT molecular complexity index is 338. The molecule has 2 N–H and O–H groups in total. The zero-order valence-corrected chi connectivity index (χ0v) is 10.7. The van der Waals surface area contributed by atoms with Gasteiger partial charge in [0.1, 0.15) is 0 Å². The highest BCUT2D eigenvalue weighted by Gasteiger charge is 2.32. The predicted octanol–water partition coefficient (Wildman–Crippen LogP) is 2.38. The molecule has 16 heavy (non-hydrogen) atoms. The highest BCUT2D eigenvalue weighted by Crippen LogP contribution is 2.29. The van der Waals surface area contributed by atoms with Crippen LogP contribution in [-0.4, -0.2) is 17.8 Å². The molecule has 2 rings (SSSR count). The number of benzene rings is 1. The van der Waals surface area contributed by atoms with Crippen LogP contribution >= 0.6 is 12.4 Å². The van der Waals surface area contributed by atoms with Crippen LogP contribution in [0, 0.1) is 6.92 Å². The standard InChI is InChI=1S/C13H19NO.ClH/c1-10-3-5-11(6-4-10)13(2)9-12(15)7-8-14-13;/h3-6,12,14-15H,7-9H2,1-2H3;1H. The quantitative estimate of drug-likeness (QED) is 0.791. The number of hydrogen-bond acceptors (Lipinski definition) is 2. The maximum absolute atomic E-state index is 9.72. The van der Waals surface area contributed by atoms with Crippen LogP contribution in [0.15, 0.2) is 24.3 Å². The molecule has 90 valence electrons. The molecule has 1 saturated heterocycles. The zero-order valence-electron chi connectivity index (χ0n) is 9.86. The zero-order chi connectivity index (χ0) is 10.9. The van der Waals surface area contributed by atoms with Gasteiger partial charge >= 0.3 is 0 Å². The molecule has 1 aliphatic heterocycles. The third-order valence-electron chi connectivity index (χ3n) is 3.33. The smallest absolute Gasteiger partial charge is 0.0573 e. The summed E-state index contributed by atoms with van der Waals surface area (Å²) >= 11 is 0. The number of nitrogens with one attached hydrogen (secondary N) is 1. The minimum absolute atomic E-state index is 0. The maximum atomic E-state index is 9.72. The lowest BCUT2D eigenvalue weighted by Crippen LogP contribution is -2.47. The van der Waals surface area contributed by atoms with E-state index in [2.05, 4.69) is 43.4 Å². The van der Waals surface area contributed by atoms with Crippen molar-refractivity contribution in [3.63, 3.8) is 0 Å². The van der Waals surface area contributed by atoms with Crippen molar-refractivity contribution >= 4 is 12.4 Å². The number of aliphatic hydroxyl groups excluding tert-OH is 1. The minimum atomic E-state index is -0.169. The third kappa shape index (κ3) is 2.76. The van der Waals surface area contributed by atoms with Crippen LogP contribution in [0.25, 0.3) is 0 Å². The monoisotopic (exact) mass is 241 g/mol. The second kappa shape index (κ2) is 5.17. The predicted molar refractivity (Wildman–Crippen MR) is 69.0 cm³/mol. The highest BCUT2D eigenvalue weighted by molar-refractivity contribution is 5.85. The van der Waals surface area contributed by atoms with Gasteiger partial charge in [-0.25, -0.2) is 0 Å². The van der Waals surface area contributed by atoms with E-state index < -0.39 is 0 Å². The molecule has 2 atom stereocenters. The van der Waals surface area contributed by atoms with Crippen molar-refractivity contribution in [3.8, 4) is 0 Å². The van der Waals surface area contributed by atoms with E-state index in [4.69, 9.17) is 0 Å². The van der Waals surface area contributed by atoms with E-state index in [-0.39, 0.29) is 24.0 Å². The van der Waals surface area contributed by atoms with Crippen LogP contribution in [0.4, 0.5) is 0 Å². The van der Waals surface area contributed by atoms with Gasteiger partial charge < -0.3 is 10.4 Å². The van der Waals surface area contributed by atoms with Crippen molar-refractivity contribution in [2.75, 3.05) is 6.54 Å². The molecule has 1 heterocycles. The Hall–Kier alpha value is -0.570. The molecule has 1 aliphatic rings. The molecule has 1 aromatic carbocycles. The summed E-state index contributed by atoms with van der Waals surface area (Å²) in [5, 5.41) is 13.2. The molecule has 0 saturated carbocycles. The fraction of sp³-hybridized carbons (Fsp3) is 0.538. The Morgan fingerprint density at radius 1 is 1.31 bits per heavy atom. The summed E-state index contributed by atoms with van der Waals surface area (Å²) in [4.78, 5) is 0. The summed E-state index contributed by atoms with van der Waals surface area (Å²) in [6.07, 6.45) is 1.50. The lowest BCUT2D eigenvalue weighted by Gasteiger charge is -2.38. The van der Waals surface area contributed by atoms with Gasteiger partial charge in [-0.2, -0.15) is 0 Å². The molecule has 0 aromatic heterocycles. The fourth-order valence-electron chi connectivity index (χ4n) is 2.30. The summed E-state index contributed by atoms with van der Waals surface area (Å²) in [7, 11) is 0. The van der Waals surface area contributed by atoms with Gasteiger partial charge in [0.2, 0.25) is 0 Å². The van der Waals surface area contributed by atoms with Crippen LogP contribution in [0.1, 0.15) is 30.9 Å². The first-order chi connectivity index (χ1) is 7.10. The second-order valence-corrected chi connectivity index (χ2v) is 4.77. The first-order valence-corrected chi connectivity index (χ1v) is 5.60. The molecule has 0 radical (unpaired) electrons. The molecule has 0 aliphatic carbocycles. The second-order valence-electron chi connectivity index (χ2n) is 4.77. The Balaban J connectivity index is 0.00000128. The Labute approximate surface area is 103 Å². The minimum Gasteiger partial charge on any atom is -0.393 e. The van der Waals surface area contributed by atoms with Crippen molar-refractivity contribution < 1.29 is 5.11 Å². The van der Waals surface area contributed by atoms with E-state index in [1.807, 2.05) is 0 Å². The molecule has 0 amide bonds. The average molecular weight is 242 g/mol. The molecular weight excluding hydrogens is 222 g/mol. The van der Waals surface area contributed by atoms with Crippen molar-refractivity contribution in [3.05, 3.63) is 35.4 Å². The Morgan fingerprint density at radius 2 is 1.94 bits per heavy atom. The molecule has 3 heteroatoms. The lowest BCUT2D eigenvalue weighted by atomic mass is 9.82. The van der Waals surface area contributed by atoms with Gasteiger partial charge in [0.25, 0.3) is 0 Å². The van der Waals surface area contributed by atoms with Gasteiger partial charge in [0, 0.05) is 5.54 Å². The molecule has 1 aromatic rings. The maximum Gasteiger partial charge on any atom is 0.0573 e. The molecule has 1 fully saturated rings. The molecule has 2 nitrogen and oxygen atoms in total. The van der Waals surface area contributed by atoms with Crippen LogP contribution in [0.3, 0.4) is 0 Å². The topological polar surface area (TPSA) is 32.3 Å². The Morgan fingerprint density at radius 3 is 2.50 bits per heavy atom. The SMILES string of the molecule is Cc1ccc(C2(C)CC(O)CCN2)cc1.Cl. The Kier molecular flexibility index (Phi) is 4.36. The van der Waals surface area contributed by atoms with Crippen molar-refractivity contribution in [2.45, 2.75) is 38.3 Å². The van der Waals surface area contributed by atoms with Gasteiger partial charge in [0.15, 0.2) is 0 Å².